The quantitative estimate of drug-likeness (QED) is 0.429. The van der Waals surface area contributed by atoms with E-state index >= 15 is 0 Å². The molecular weight excluding hydrogens is 436 g/mol. The number of benzene rings is 1. The van der Waals surface area contributed by atoms with Crippen LogP contribution in [0.5, 0.6) is 0 Å². The van der Waals surface area contributed by atoms with E-state index in [-0.39, 0.29) is 0 Å². The fourth-order valence-electron chi connectivity index (χ4n) is 4.92. The van der Waals surface area contributed by atoms with E-state index in [0.29, 0.717) is 36.0 Å². The largest absolute Gasteiger partial charge is 0.325 e. The Morgan fingerprint density at radius 2 is 1.71 bits per heavy atom. The summed E-state index contributed by atoms with van der Waals surface area (Å²) in [4.78, 5) is 25.3. The Kier molecular flexibility index (Phi) is 5.89. The fraction of sp³-hybridized carbons (Fsp3) is 0.296. The van der Waals surface area contributed by atoms with E-state index in [9.17, 15) is 0 Å². The van der Waals surface area contributed by atoms with E-state index in [0.717, 1.165) is 36.8 Å². The lowest BCUT2D eigenvalue weighted by atomic mass is 10.1. The highest BCUT2D eigenvalue weighted by Gasteiger charge is 2.37. The maximum atomic E-state index is 4.70. The van der Waals surface area contributed by atoms with Crippen molar-refractivity contribution in [1.29, 1.82) is 0 Å². The molecule has 2 bridgehead atoms. The Morgan fingerprint density at radius 3 is 2.49 bits per heavy atom. The topological polar surface area (TPSA) is 91.8 Å². The number of rotatable bonds is 7. The third-order valence-electron chi connectivity index (χ3n) is 6.68. The summed E-state index contributed by atoms with van der Waals surface area (Å²) in [5.74, 6) is 2.70. The van der Waals surface area contributed by atoms with Crippen molar-refractivity contribution in [3.05, 3.63) is 89.6 Å². The maximum absolute atomic E-state index is 4.70. The predicted octanol–water partition coefficient (Wildman–Crippen LogP) is 3.52. The molecule has 0 aliphatic carbocycles. The molecule has 2 atom stereocenters. The first kappa shape index (κ1) is 21.8. The highest BCUT2D eigenvalue weighted by atomic mass is 15.3. The molecule has 176 valence electrons. The predicted molar refractivity (Wildman–Crippen MR) is 135 cm³/mol. The molecule has 2 saturated heterocycles. The van der Waals surface area contributed by atoms with Gasteiger partial charge in [-0.15, -0.1) is 0 Å². The summed E-state index contributed by atoms with van der Waals surface area (Å²) >= 11 is 0. The molecule has 2 fully saturated rings. The Labute approximate surface area is 204 Å². The Bertz CT molecular complexity index is 1320. The van der Waals surface area contributed by atoms with Crippen molar-refractivity contribution in [1.82, 2.24) is 35.1 Å². The van der Waals surface area contributed by atoms with Crippen LogP contribution in [0.2, 0.25) is 0 Å². The number of likely N-dealkylation sites (tertiary alicyclic amines) is 1. The SMILES string of the molecule is Cc1cccc(-c2nccc(Nc3ccnc(Cc4ccc(CN5C[C@@H]6C[C@H]5CN6)cc4)n3)n2)n1. The third kappa shape index (κ3) is 5.03. The average molecular weight is 465 g/mol. The van der Waals surface area contributed by atoms with Crippen LogP contribution in [0, 0.1) is 6.92 Å². The number of anilines is 2. The summed E-state index contributed by atoms with van der Waals surface area (Å²) in [5, 5.41) is 6.85. The lowest BCUT2D eigenvalue weighted by molar-refractivity contribution is 0.218. The molecule has 0 spiro atoms. The molecule has 0 saturated carbocycles. The zero-order valence-corrected chi connectivity index (χ0v) is 19.7. The van der Waals surface area contributed by atoms with Crippen LogP contribution in [-0.2, 0) is 13.0 Å². The zero-order chi connectivity index (χ0) is 23.6. The van der Waals surface area contributed by atoms with Crippen molar-refractivity contribution < 1.29 is 0 Å². The van der Waals surface area contributed by atoms with Gasteiger partial charge in [-0.3, -0.25) is 4.90 Å². The number of piperazine rings is 1. The minimum Gasteiger partial charge on any atom is -0.325 e. The second-order valence-corrected chi connectivity index (χ2v) is 9.33. The van der Waals surface area contributed by atoms with Gasteiger partial charge in [0.05, 0.1) is 0 Å². The van der Waals surface area contributed by atoms with Gasteiger partial charge in [0.25, 0.3) is 0 Å². The molecule has 0 amide bonds. The second kappa shape index (κ2) is 9.48. The number of aryl methyl sites for hydroxylation is 1. The first-order chi connectivity index (χ1) is 17.2. The highest BCUT2D eigenvalue weighted by molar-refractivity contribution is 5.56. The van der Waals surface area contributed by atoms with Gasteiger partial charge in [0.15, 0.2) is 5.82 Å². The van der Waals surface area contributed by atoms with Crippen molar-refractivity contribution in [2.24, 2.45) is 0 Å². The van der Waals surface area contributed by atoms with Crippen LogP contribution in [0.3, 0.4) is 0 Å². The van der Waals surface area contributed by atoms with Crippen molar-refractivity contribution in [3.8, 4) is 11.5 Å². The van der Waals surface area contributed by atoms with Gasteiger partial charge in [0.2, 0.25) is 0 Å². The smallest absolute Gasteiger partial charge is 0.180 e. The summed E-state index contributed by atoms with van der Waals surface area (Å²) in [7, 11) is 0. The molecule has 4 aromatic rings. The van der Waals surface area contributed by atoms with Crippen LogP contribution in [0.4, 0.5) is 11.6 Å². The minimum atomic E-state index is 0.575. The average Bonchev–Trinajstić information content (AvgIpc) is 3.49. The minimum absolute atomic E-state index is 0.575. The molecule has 1 aromatic carbocycles. The van der Waals surface area contributed by atoms with E-state index in [2.05, 4.69) is 59.7 Å². The lowest BCUT2D eigenvalue weighted by Gasteiger charge is -2.27. The molecular formula is C27H28N8. The second-order valence-electron chi connectivity index (χ2n) is 9.33. The van der Waals surface area contributed by atoms with Crippen LogP contribution >= 0.6 is 0 Å². The third-order valence-corrected chi connectivity index (χ3v) is 6.68. The van der Waals surface area contributed by atoms with Crippen molar-refractivity contribution in [3.63, 3.8) is 0 Å². The fourth-order valence-corrected chi connectivity index (χ4v) is 4.92. The number of nitrogens with one attached hydrogen (secondary N) is 2. The number of hydrogen-bond acceptors (Lipinski definition) is 8. The molecule has 6 rings (SSSR count). The molecule has 2 aliphatic heterocycles. The van der Waals surface area contributed by atoms with Gasteiger partial charge in [-0.2, -0.15) is 0 Å². The maximum Gasteiger partial charge on any atom is 0.180 e. The first-order valence-electron chi connectivity index (χ1n) is 12.1. The Balaban J connectivity index is 1.11. The van der Waals surface area contributed by atoms with Crippen molar-refractivity contribution in [2.75, 3.05) is 18.4 Å². The van der Waals surface area contributed by atoms with E-state index in [4.69, 9.17) is 4.98 Å². The van der Waals surface area contributed by atoms with E-state index in [1.54, 1.807) is 12.4 Å². The molecule has 5 heterocycles. The summed E-state index contributed by atoms with van der Waals surface area (Å²) in [5.41, 5.74) is 4.23. The molecule has 35 heavy (non-hydrogen) atoms. The number of hydrogen-bond donors (Lipinski definition) is 2. The molecule has 8 nitrogen and oxygen atoms in total. The van der Waals surface area contributed by atoms with E-state index < -0.39 is 0 Å². The number of pyridine rings is 1. The molecule has 8 heteroatoms. The lowest BCUT2D eigenvalue weighted by Crippen LogP contribution is -2.42. The Morgan fingerprint density at radius 1 is 0.914 bits per heavy atom. The van der Waals surface area contributed by atoms with Crippen LogP contribution < -0.4 is 10.6 Å². The monoisotopic (exact) mass is 464 g/mol. The van der Waals surface area contributed by atoms with E-state index in [1.165, 1.54) is 17.5 Å². The summed E-state index contributed by atoms with van der Waals surface area (Å²) in [6.07, 6.45) is 5.47. The highest BCUT2D eigenvalue weighted by Crippen LogP contribution is 2.25. The van der Waals surface area contributed by atoms with E-state index in [1.807, 2.05) is 37.3 Å². The summed E-state index contributed by atoms with van der Waals surface area (Å²) in [6, 6.07) is 19.7. The number of fused-ring (bicyclic) bond motifs is 2. The molecule has 0 radical (unpaired) electrons. The standard InChI is InChI=1S/C27H28N8/c1-18-3-2-4-23(31-18)27-29-12-10-25(34-27)32-24-9-11-28-26(33-24)13-19-5-7-20(8-6-19)16-35-17-21-14-22(35)15-30-21/h2-12,21-22,30H,13-17H2,1H3,(H,28,29,32,33,34)/t21-,22-/m0/s1. The summed E-state index contributed by atoms with van der Waals surface area (Å²) < 4.78 is 0. The van der Waals surface area contributed by atoms with Gasteiger partial charge in [0, 0.05) is 56.2 Å². The summed E-state index contributed by atoms with van der Waals surface area (Å²) in [6.45, 7) is 5.27. The van der Waals surface area contributed by atoms with Gasteiger partial charge in [0.1, 0.15) is 23.2 Å². The van der Waals surface area contributed by atoms with Crippen molar-refractivity contribution in [2.45, 2.75) is 38.4 Å². The van der Waals surface area contributed by atoms with Crippen LogP contribution in [0.15, 0.2) is 67.0 Å². The molecule has 2 aliphatic rings. The molecule has 3 aromatic heterocycles. The first-order valence-corrected chi connectivity index (χ1v) is 12.1. The van der Waals surface area contributed by atoms with Gasteiger partial charge < -0.3 is 10.6 Å². The Hall–Kier alpha value is -3.75. The molecule has 0 unspecified atom stereocenters. The van der Waals surface area contributed by atoms with Crippen LogP contribution in [0.25, 0.3) is 11.5 Å². The normalized spacial score (nSPS) is 19.2. The number of nitrogens with zero attached hydrogens (tertiary/aromatic N) is 6. The van der Waals surface area contributed by atoms with Gasteiger partial charge in [-0.1, -0.05) is 30.3 Å². The number of aromatic nitrogens is 5. The molecule has 2 N–H and O–H groups in total. The van der Waals surface area contributed by atoms with Crippen LogP contribution in [0.1, 0.15) is 29.1 Å². The zero-order valence-electron chi connectivity index (χ0n) is 19.7. The van der Waals surface area contributed by atoms with Gasteiger partial charge in [-0.25, -0.2) is 24.9 Å². The van der Waals surface area contributed by atoms with Gasteiger partial charge in [-0.05, 0) is 48.7 Å². The van der Waals surface area contributed by atoms with Gasteiger partial charge >= 0.3 is 0 Å². The van der Waals surface area contributed by atoms with Crippen molar-refractivity contribution >= 4 is 11.6 Å². The van der Waals surface area contributed by atoms with Crippen LogP contribution in [-0.4, -0.2) is 55.0 Å².